The molecule has 2 aromatic rings. The van der Waals surface area contributed by atoms with Gasteiger partial charge in [0.2, 0.25) is 5.91 Å². The lowest BCUT2D eigenvalue weighted by Crippen LogP contribution is -2.34. The second-order valence-electron chi connectivity index (χ2n) is 6.97. The van der Waals surface area contributed by atoms with Gasteiger partial charge in [0.15, 0.2) is 0 Å². The van der Waals surface area contributed by atoms with Crippen LogP contribution in [0.5, 0.6) is 0 Å². The second-order valence-corrected chi connectivity index (χ2v) is 8.80. The molecule has 0 unspecified atom stereocenters. The van der Waals surface area contributed by atoms with Crippen LogP contribution >= 0.6 is 31.9 Å². The summed E-state index contributed by atoms with van der Waals surface area (Å²) in [4.78, 5) is 41.8. The van der Waals surface area contributed by atoms with Gasteiger partial charge in [-0.2, -0.15) is 0 Å². The number of imide groups is 1. The molecule has 0 aromatic heterocycles. The van der Waals surface area contributed by atoms with Gasteiger partial charge in [0.1, 0.15) is 0 Å². The molecule has 2 heterocycles. The third-order valence-corrected chi connectivity index (χ3v) is 5.88. The highest BCUT2D eigenvalue weighted by Gasteiger charge is 2.43. The van der Waals surface area contributed by atoms with Crippen LogP contribution in [0.25, 0.3) is 5.57 Å². The molecule has 28 heavy (non-hydrogen) atoms. The van der Waals surface area contributed by atoms with E-state index in [1.54, 1.807) is 29.2 Å². The van der Waals surface area contributed by atoms with Gasteiger partial charge in [-0.25, -0.2) is 4.90 Å². The summed E-state index contributed by atoms with van der Waals surface area (Å²) in [6.45, 7) is 3.85. The molecule has 1 fully saturated rings. The zero-order chi connectivity index (χ0) is 20.2. The summed E-state index contributed by atoms with van der Waals surface area (Å²) in [6.07, 6.45) is -0.0894. The Hall–Kier alpha value is -2.25. The number of nitrogens with zero attached hydrogens (tertiary/aromatic N) is 2. The maximum Gasteiger partial charge on any atom is 0.262 e. The average Bonchev–Trinajstić information content (AvgIpc) is 3.08. The Kier molecular flexibility index (Phi) is 4.75. The van der Waals surface area contributed by atoms with E-state index < -0.39 is 5.91 Å². The Morgan fingerprint density at radius 2 is 1.54 bits per heavy atom. The highest BCUT2D eigenvalue weighted by atomic mass is 79.9. The van der Waals surface area contributed by atoms with Crippen LogP contribution in [-0.4, -0.2) is 23.8 Å². The number of hydrogen-bond acceptors (Lipinski definition) is 3. The smallest absolute Gasteiger partial charge is 0.262 e. The quantitative estimate of drug-likeness (QED) is 0.441. The molecule has 2 aliphatic rings. The number of hydrogen-bond donors (Lipinski definition) is 0. The van der Waals surface area contributed by atoms with Crippen molar-refractivity contribution < 1.29 is 14.4 Å². The molecule has 0 aliphatic carbocycles. The zero-order valence-electron chi connectivity index (χ0n) is 15.2. The number of benzene rings is 2. The van der Waals surface area contributed by atoms with Crippen molar-refractivity contribution in [2.24, 2.45) is 0 Å². The molecule has 4 rings (SSSR count). The van der Waals surface area contributed by atoms with Crippen molar-refractivity contribution >= 4 is 66.5 Å². The molecule has 5 nitrogen and oxygen atoms in total. The number of fused-ring (bicyclic) bond motifs is 1. The second kappa shape index (κ2) is 6.97. The highest BCUT2D eigenvalue weighted by Crippen LogP contribution is 2.43. The van der Waals surface area contributed by atoms with Gasteiger partial charge in [-0.3, -0.25) is 14.4 Å². The molecular formula is C21H16Br2N2O3. The molecule has 2 aromatic carbocycles. The summed E-state index contributed by atoms with van der Waals surface area (Å²) >= 11 is 6.79. The Labute approximate surface area is 179 Å². The number of carbonyl (C=O) groups is 3. The first-order valence-electron chi connectivity index (χ1n) is 8.79. The van der Waals surface area contributed by atoms with Crippen molar-refractivity contribution in [2.75, 3.05) is 9.80 Å². The largest absolute Gasteiger partial charge is 0.305 e. The van der Waals surface area contributed by atoms with E-state index >= 15 is 0 Å². The van der Waals surface area contributed by atoms with Gasteiger partial charge in [-0.15, -0.1) is 0 Å². The van der Waals surface area contributed by atoms with Crippen LogP contribution in [0.2, 0.25) is 0 Å². The van der Waals surface area contributed by atoms with Gasteiger partial charge >= 0.3 is 0 Å². The van der Waals surface area contributed by atoms with E-state index in [9.17, 15) is 14.4 Å². The lowest BCUT2D eigenvalue weighted by molar-refractivity contribution is -0.121. The predicted octanol–water partition coefficient (Wildman–Crippen LogP) is 4.68. The van der Waals surface area contributed by atoms with Crippen LogP contribution in [0.3, 0.4) is 0 Å². The molecule has 7 heteroatoms. The topological polar surface area (TPSA) is 57.7 Å². The van der Waals surface area contributed by atoms with E-state index in [1.165, 1.54) is 0 Å². The van der Waals surface area contributed by atoms with Gasteiger partial charge in [-0.05, 0) is 56.3 Å². The first-order chi connectivity index (χ1) is 13.3. The van der Waals surface area contributed by atoms with Crippen molar-refractivity contribution in [2.45, 2.75) is 26.3 Å². The maximum atomic E-state index is 13.2. The van der Waals surface area contributed by atoms with Crippen LogP contribution in [0.4, 0.5) is 11.4 Å². The summed E-state index contributed by atoms with van der Waals surface area (Å²) in [5.41, 5.74) is 2.51. The summed E-state index contributed by atoms with van der Waals surface area (Å²) in [5, 5.41) is 0. The summed E-state index contributed by atoms with van der Waals surface area (Å²) in [6, 6.07) is 12.4. The molecular weight excluding hydrogens is 488 g/mol. The minimum absolute atomic E-state index is 0.0692. The summed E-state index contributed by atoms with van der Waals surface area (Å²) in [7, 11) is 0. The Bertz CT molecular complexity index is 1060. The first kappa shape index (κ1) is 19.1. The average molecular weight is 504 g/mol. The maximum absolute atomic E-state index is 13.2. The standard InChI is InChI=1S/C21H16Br2N2O3/c1-11(2)24-17-8-5-13(23)9-15(17)19(21(24)28)16-10-18(26)25(20(16)27)14-6-3-12(22)4-7-14/h3-9,11H,10H2,1-2H3/b19-16-. The molecule has 2 aliphatic heterocycles. The fourth-order valence-electron chi connectivity index (χ4n) is 3.67. The van der Waals surface area contributed by atoms with Gasteiger partial charge in [0.05, 0.1) is 23.4 Å². The molecule has 0 radical (unpaired) electrons. The van der Waals surface area contributed by atoms with Crippen molar-refractivity contribution in [3.8, 4) is 0 Å². The van der Waals surface area contributed by atoms with Crippen molar-refractivity contribution in [3.63, 3.8) is 0 Å². The fourth-order valence-corrected chi connectivity index (χ4v) is 4.29. The number of amides is 3. The zero-order valence-corrected chi connectivity index (χ0v) is 18.4. The monoisotopic (exact) mass is 502 g/mol. The van der Waals surface area contributed by atoms with Crippen molar-refractivity contribution in [1.29, 1.82) is 0 Å². The van der Waals surface area contributed by atoms with E-state index in [4.69, 9.17) is 0 Å². The van der Waals surface area contributed by atoms with Crippen LogP contribution in [0.15, 0.2) is 57.0 Å². The molecule has 0 bridgehead atoms. The van der Waals surface area contributed by atoms with E-state index in [2.05, 4.69) is 31.9 Å². The van der Waals surface area contributed by atoms with Gasteiger partial charge in [0, 0.05) is 26.1 Å². The number of rotatable bonds is 2. The minimum atomic E-state index is -0.438. The van der Waals surface area contributed by atoms with Crippen LogP contribution in [0, 0.1) is 0 Å². The third-order valence-electron chi connectivity index (χ3n) is 4.86. The van der Waals surface area contributed by atoms with Crippen molar-refractivity contribution in [1.82, 2.24) is 0 Å². The van der Waals surface area contributed by atoms with E-state index in [1.807, 2.05) is 32.0 Å². The Balaban J connectivity index is 1.86. The van der Waals surface area contributed by atoms with Crippen LogP contribution in [0.1, 0.15) is 25.8 Å². The third kappa shape index (κ3) is 2.93. The van der Waals surface area contributed by atoms with Gasteiger partial charge < -0.3 is 4.90 Å². The van der Waals surface area contributed by atoms with Crippen molar-refractivity contribution in [3.05, 3.63) is 62.5 Å². The molecule has 0 atom stereocenters. The van der Waals surface area contributed by atoms with E-state index in [0.717, 1.165) is 19.5 Å². The van der Waals surface area contributed by atoms with Crippen LogP contribution in [-0.2, 0) is 14.4 Å². The van der Waals surface area contributed by atoms with E-state index in [-0.39, 0.29) is 29.9 Å². The molecule has 1 saturated heterocycles. The molecule has 0 spiro atoms. The molecule has 0 N–H and O–H groups in total. The van der Waals surface area contributed by atoms with Crippen LogP contribution < -0.4 is 9.80 Å². The van der Waals surface area contributed by atoms with Gasteiger partial charge in [0.25, 0.3) is 11.8 Å². The van der Waals surface area contributed by atoms with E-state index in [0.29, 0.717) is 16.8 Å². The molecule has 0 saturated carbocycles. The molecule has 142 valence electrons. The lowest BCUT2D eigenvalue weighted by atomic mass is 10.00. The lowest BCUT2D eigenvalue weighted by Gasteiger charge is -2.21. The summed E-state index contributed by atoms with van der Waals surface area (Å²) < 4.78 is 1.66. The first-order valence-corrected chi connectivity index (χ1v) is 10.4. The summed E-state index contributed by atoms with van der Waals surface area (Å²) in [5.74, 6) is -1.01. The fraction of sp³-hybridized carbons (Fsp3) is 0.190. The highest BCUT2D eigenvalue weighted by molar-refractivity contribution is 9.10. The Morgan fingerprint density at radius 1 is 0.893 bits per heavy atom. The molecule has 3 amide bonds. The normalized spacial score (nSPS) is 19.2. The number of anilines is 2. The minimum Gasteiger partial charge on any atom is -0.305 e. The number of carbonyl (C=O) groups excluding carboxylic acids is 3. The SMILES string of the molecule is CC(C)N1C(=O)/C(=C2/CC(=O)N(c3ccc(Br)cc3)C2=O)c2cc(Br)ccc21. The number of halogens is 2. The predicted molar refractivity (Wildman–Crippen MR) is 115 cm³/mol. The van der Waals surface area contributed by atoms with Gasteiger partial charge in [-0.1, -0.05) is 31.9 Å². The Morgan fingerprint density at radius 3 is 2.18 bits per heavy atom.